The molecule has 20 heavy (non-hydrogen) atoms. The van der Waals surface area contributed by atoms with Crippen molar-refractivity contribution in [3.8, 4) is 5.75 Å². The number of benzene rings is 2. The molecule has 0 spiro atoms. The predicted octanol–water partition coefficient (Wildman–Crippen LogP) is 4.42. The molecule has 2 rings (SSSR count). The van der Waals surface area contributed by atoms with Gasteiger partial charge in [0, 0.05) is 18.1 Å². The molecule has 2 aromatic carbocycles. The summed E-state index contributed by atoms with van der Waals surface area (Å²) in [4.78, 5) is 0. The molecule has 0 amide bonds. The molecule has 0 fully saturated rings. The van der Waals surface area contributed by atoms with Gasteiger partial charge in [-0.2, -0.15) is 0 Å². The summed E-state index contributed by atoms with van der Waals surface area (Å²) in [7, 11) is 0. The number of ether oxygens (including phenoxy) is 1. The lowest BCUT2D eigenvalue weighted by atomic mass is 10.2. The summed E-state index contributed by atoms with van der Waals surface area (Å²) in [6.45, 7) is 5.63. The highest BCUT2D eigenvalue weighted by molar-refractivity contribution is 6.31. The number of nitrogens with one attached hydrogen (secondary N) is 1. The van der Waals surface area contributed by atoms with E-state index in [1.807, 2.05) is 50.2 Å². The maximum Gasteiger partial charge on any atom is 0.119 e. The molecule has 0 aliphatic rings. The van der Waals surface area contributed by atoms with Gasteiger partial charge in [0.25, 0.3) is 0 Å². The summed E-state index contributed by atoms with van der Waals surface area (Å²) in [5.41, 5.74) is 2.35. The van der Waals surface area contributed by atoms with E-state index in [-0.39, 0.29) is 6.10 Å². The minimum Gasteiger partial charge on any atom is -0.491 e. The average molecular weight is 290 g/mol. The van der Waals surface area contributed by atoms with Gasteiger partial charge in [0.1, 0.15) is 5.75 Å². The lowest BCUT2D eigenvalue weighted by Crippen LogP contribution is -2.13. The van der Waals surface area contributed by atoms with Gasteiger partial charge in [0.2, 0.25) is 0 Å². The van der Waals surface area contributed by atoms with E-state index in [2.05, 4.69) is 17.4 Å². The van der Waals surface area contributed by atoms with Crippen LogP contribution in [0.2, 0.25) is 5.02 Å². The van der Waals surface area contributed by atoms with E-state index < -0.39 is 0 Å². The highest BCUT2D eigenvalue weighted by Crippen LogP contribution is 2.16. The number of hydrogen-bond acceptors (Lipinski definition) is 2. The highest BCUT2D eigenvalue weighted by atomic mass is 35.5. The molecule has 2 nitrogen and oxygen atoms in total. The Bertz CT molecular complexity index is 537. The first-order chi connectivity index (χ1) is 9.65. The third kappa shape index (κ3) is 4.55. The maximum absolute atomic E-state index is 6.12. The van der Waals surface area contributed by atoms with Gasteiger partial charge in [-0.25, -0.2) is 0 Å². The fourth-order valence-corrected chi connectivity index (χ4v) is 2.14. The van der Waals surface area contributed by atoms with E-state index >= 15 is 0 Å². The fourth-order valence-electron chi connectivity index (χ4n) is 1.94. The quantitative estimate of drug-likeness (QED) is 0.850. The van der Waals surface area contributed by atoms with Crippen LogP contribution >= 0.6 is 11.6 Å². The van der Waals surface area contributed by atoms with Gasteiger partial charge >= 0.3 is 0 Å². The Labute approximate surface area is 125 Å². The van der Waals surface area contributed by atoms with E-state index in [1.54, 1.807) is 0 Å². The Hall–Kier alpha value is -1.51. The van der Waals surface area contributed by atoms with Crippen molar-refractivity contribution in [3.63, 3.8) is 0 Å². The van der Waals surface area contributed by atoms with Gasteiger partial charge < -0.3 is 10.1 Å². The molecular formula is C17H20ClNO. The first-order valence-corrected chi connectivity index (χ1v) is 7.22. The second-order valence-corrected chi connectivity index (χ2v) is 5.41. The van der Waals surface area contributed by atoms with Crippen molar-refractivity contribution >= 4 is 11.6 Å². The molecular weight excluding hydrogens is 270 g/mol. The Balaban J connectivity index is 1.84. The van der Waals surface area contributed by atoms with Gasteiger partial charge in [0.15, 0.2) is 0 Å². The average Bonchev–Trinajstić information content (AvgIpc) is 2.42. The van der Waals surface area contributed by atoms with E-state index in [9.17, 15) is 0 Å². The SMILES string of the molecule is CC(C)Oc1ccc(CNCc2ccccc2Cl)cc1. The van der Waals surface area contributed by atoms with Crippen molar-refractivity contribution in [2.45, 2.75) is 33.0 Å². The Morgan fingerprint density at radius 1 is 1.00 bits per heavy atom. The minimum absolute atomic E-state index is 0.208. The Morgan fingerprint density at radius 2 is 1.70 bits per heavy atom. The maximum atomic E-state index is 6.12. The largest absolute Gasteiger partial charge is 0.491 e. The van der Waals surface area contributed by atoms with Gasteiger partial charge in [-0.05, 0) is 43.2 Å². The van der Waals surface area contributed by atoms with Crippen LogP contribution in [0, 0.1) is 0 Å². The van der Waals surface area contributed by atoms with Crippen molar-refractivity contribution in [2.75, 3.05) is 0 Å². The lowest BCUT2D eigenvalue weighted by Gasteiger charge is -2.10. The Kier molecular flexibility index (Phi) is 5.45. The van der Waals surface area contributed by atoms with Crippen molar-refractivity contribution in [1.82, 2.24) is 5.32 Å². The molecule has 0 bridgehead atoms. The van der Waals surface area contributed by atoms with Crippen LogP contribution in [0.15, 0.2) is 48.5 Å². The summed E-state index contributed by atoms with van der Waals surface area (Å²) < 4.78 is 5.62. The summed E-state index contributed by atoms with van der Waals surface area (Å²) >= 11 is 6.12. The zero-order chi connectivity index (χ0) is 14.4. The zero-order valence-corrected chi connectivity index (χ0v) is 12.7. The van der Waals surface area contributed by atoms with Crippen LogP contribution in [0.1, 0.15) is 25.0 Å². The molecule has 0 aliphatic carbocycles. The molecule has 0 aliphatic heterocycles. The Morgan fingerprint density at radius 3 is 2.35 bits per heavy atom. The van der Waals surface area contributed by atoms with Crippen LogP contribution in [-0.4, -0.2) is 6.10 Å². The molecule has 0 heterocycles. The molecule has 0 saturated heterocycles. The summed E-state index contributed by atoms with van der Waals surface area (Å²) in [5, 5.41) is 4.20. The second-order valence-electron chi connectivity index (χ2n) is 5.01. The van der Waals surface area contributed by atoms with E-state index in [0.717, 1.165) is 29.4 Å². The molecule has 3 heteroatoms. The fraction of sp³-hybridized carbons (Fsp3) is 0.294. The lowest BCUT2D eigenvalue weighted by molar-refractivity contribution is 0.242. The van der Waals surface area contributed by atoms with Crippen molar-refractivity contribution in [1.29, 1.82) is 0 Å². The molecule has 0 saturated carbocycles. The van der Waals surface area contributed by atoms with Gasteiger partial charge in [0.05, 0.1) is 6.10 Å². The smallest absolute Gasteiger partial charge is 0.119 e. The standard InChI is InChI=1S/C17H20ClNO/c1-13(2)20-16-9-7-14(8-10-16)11-19-12-15-5-3-4-6-17(15)18/h3-10,13,19H,11-12H2,1-2H3. The van der Waals surface area contributed by atoms with Crippen LogP contribution in [0.3, 0.4) is 0 Å². The predicted molar refractivity (Wildman–Crippen MR) is 84.2 cm³/mol. The third-order valence-corrected chi connectivity index (χ3v) is 3.27. The van der Waals surface area contributed by atoms with Crippen LogP contribution in [-0.2, 0) is 13.1 Å². The molecule has 1 N–H and O–H groups in total. The van der Waals surface area contributed by atoms with Crippen LogP contribution in [0.25, 0.3) is 0 Å². The van der Waals surface area contributed by atoms with Gasteiger partial charge in [-0.15, -0.1) is 0 Å². The van der Waals surface area contributed by atoms with Crippen molar-refractivity contribution in [3.05, 3.63) is 64.7 Å². The minimum atomic E-state index is 0.208. The normalized spacial score (nSPS) is 10.8. The summed E-state index contributed by atoms with van der Waals surface area (Å²) in [6.07, 6.45) is 0.208. The molecule has 0 atom stereocenters. The monoisotopic (exact) mass is 289 g/mol. The van der Waals surface area contributed by atoms with Gasteiger partial charge in [-0.1, -0.05) is 41.9 Å². The van der Waals surface area contributed by atoms with Crippen LogP contribution in [0.4, 0.5) is 0 Å². The van der Waals surface area contributed by atoms with Crippen molar-refractivity contribution in [2.24, 2.45) is 0 Å². The molecule has 0 aromatic heterocycles. The second kappa shape index (κ2) is 7.32. The highest BCUT2D eigenvalue weighted by Gasteiger charge is 2.00. The number of halogens is 1. The topological polar surface area (TPSA) is 21.3 Å². The molecule has 106 valence electrons. The molecule has 0 radical (unpaired) electrons. The van der Waals surface area contributed by atoms with Crippen LogP contribution in [0.5, 0.6) is 5.75 Å². The first kappa shape index (κ1) is 14.9. The van der Waals surface area contributed by atoms with E-state index in [0.29, 0.717) is 0 Å². The van der Waals surface area contributed by atoms with E-state index in [1.165, 1.54) is 5.56 Å². The van der Waals surface area contributed by atoms with Gasteiger partial charge in [-0.3, -0.25) is 0 Å². The number of rotatable bonds is 6. The summed E-state index contributed by atoms with van der Waals surface area (Å²) in [5.74, 6) is 0.912. The third-order valence-electron chi connectivity index (χ3n) is 2.90. The van der Waals surface area contributed by atoms with Crippen LogP contribution < -0.4 is 10.1 Å². The molecule has 0 unspecified atom stereocenters. The zero-order valence-electron chi connectivity index (χ0n) is 11.9. The summed E-state index contributed by atoms with van der Waals surface area (Å²) in [6, 6.07) is 16.1. The van der Waals surface area contributed by atoms with Crippen molar-refractivity contribution < 1.29 is 4.74 Å². The van der Waals surface area contributed by atoms with E-state index in [4.69, 9.17) is 16.3 Å². The molecule has 2 aromatic rings. The number of hydrogen-bond donors (Lipinski definition) is 1. The first-order valence-electron chi connectivity index (χ1n) is 6.85.